The Morgan fingerprint density at radius 3 is 2.66 bits per heavy atom. The molecule has 1 aliphatic rings. The molecular formula is C24H31ClN4O3. The summed E-state index contributed by atoms with van der Waals surface area (Å²) < 4.78 is 5.92. The van der Waals surface area contributed by atoms with Gasteiger partial charge in [-0.1, -0.05) is 17.7 Å². The summed E-state index contributed by atoms with van der Waals surface area (Å²) in [4.78, 5) is 14.5. The summed E-state index contributed by atoms with van der Waals surface area (Å²) in [5, 5.41) is 21.5. The first-order valence-electron chi connectivity index (χ1n) is 10.8. The first-order valence-corrected chi connectivity index (χ1v) is 11.2. The van der Waals surface area contributed by atoms with Crippen molar-refractivity contribution < 1.29 is 14.6 Å². The van der Waals surface area contributed by atoms with Gasteiger partial charge in [0.1, 0.15) is 11.5 Å². The smallest absolute Gasteiger partial charge is 0.251 e. The second-order valence-corrected chi connectivity index (χ2v) is 8.75. The Labute approximate surface area is 194 Å². The van der Waals surface area contributed by atoms with Crippen LogP contribution in [0.2, 0.25) is 5.02 Å². The Hall–Kier alpha value is -2.93. The van der Waals surface area contributed by atoms with Crippen molar-refractivity contribution in [1.82, 2.24) is 10.2 Å². The van der Waals surface area contributed by atoms with E-state index in [0.717, 1.165) is 37.1 Å². The first-order chi connectivity index (χ1) is 15.2. The third-order valence-electron chi connectivity index (χ3n) is 6.03. The number of aryl methyl sites for hydroxylation is 1. The summed E-state index contributed by atoms with van der Waals surface area (Å²) >= 11 is 6.01. The van der Waals surface area contributed by atoms with Crippen LogP contribution in [0.4, 0.5) is 0 Å². The van der Waals surface area contributed by atoms with Gasteiger partial charge in [0.2, 0.25) is 0 Å². The molecular weight excluding hydrogens is 428 g/mol. The van der Waals surface area contributed by atoms with E-state index in [9.17, 15) is 9.90 Å². The molecule has 2 aromatic rings. The highest BCUT2D eigenvalue weighted by molar-refractivity contribution is 6.30. The average Bonchev–Trinajstić information content (AvgIpc) is 2.76. The van der Waals surface area contributed by atoms with Crippen molar-refractivity contribution in [2.24, 2.45) is 11.7 Å². The molecule has 32 heavy (non-hydrogen) atoms. The quantitative estimate of drug-likeness (QED) is 0.374. The Morgan fingerprint density at radius 2 is 2.00 bits per heavy atom. The minimum Gasteiger partial charge on any atom is -0.508 e. The highest BCUT2D eigenvalue weighted by Gasteiger charge is 2.21. The number of amides is 1. The number of piperidine rings is 1. The standard InChI is InChI=1S/C24H31ClN4O3/c1-15-11-20(25)4-3-18(15)7-10-32-22-13-19(12-21(30)16(22)2)23(31)28-14-17-5-8-29(9-6-17)24(26)27/h3-4,11-13,17,30H,5-10,14H2,1-2H3,(H3,26,27)(H,28,31). The van der Waals surface area contributed by atoms with E-state index in [0.29, 0.717) is 47.4 Å². The minimum absolute atomic E-state index is 0.0325. The van der Waals surface area contributed by atoms with Crippen LogP contribution in [0.3, 0.4) is 0 Å². The van der Waals surface area contributed by atoms with E-state index >= 15 is 0 Å². The lowest BCUT2D eigenvalue weighted by Crippen LogP contribution is -2.44. The second-order valence-electron chi connectivity index (χ2n) is 8.31. The third kappa shape index (κ3) is 6.07. The van der Waals surface area contributed by atoms with Crippen molar-refractivity contribution in [3.63, 3.8) is 0 Å². The number of phenolic OH excluding ortho intramolecular Hbond substituents is 1. The fraction of sp³-hybridized carbons (Fsp3) is 0.417. The Bertz CT molecular complexity index is 987. The number of hydrogen-bond donors (Lipinski definition) is 4. The average molecular weight is 459 g/mol. The van der Waals surface area contributed by atoms with E-state index in [1.165, 1.54) is 6.07 Å². The van der Waals surface area contributed by atoms with Crippen molar-refractivity contribution in [2.75, 3.05) is 26.2 Å². The maximum Gasteiger partial charge on any atom is 0.251 e. The van der Waals surface area contributed by atoms with Gasteiger partial charge in [0.15, 0.2) is 5.96 Å². The van der Waals surface area contributed by atoms with Crippen LogP contribution in [0.15, 0.2) is 30.3 Å². The summed E-state index contributed by atoms with van der Waals surface area (Å²) in [6, 6.07) is 8.91. The maximum atomic E-state index is 12.7. The molecule has 0 spiro atoms. The highest BCUT2D eigenvalue weighted by Crippen LogP contribution is 2.29. The Morgan fingerprint density at radius 1 is 1.28 bits per heavy atom. The van der Waals surface area contributed by atoms with Crippen LogP contribution in [-0.4, -0.2) is 48.1 Å². The largest absolute Gasteiger partial charge is 0.508 e. The monoisotopic (exact) mass is 458 g/mol. The molecule has 0 aliphatic carbocycles. The molecule has 1 saturated heterocycles. The summed E-state index contributed by atoms with van der Waals surface area (Å²) in [5.41, 5.74) is 8.74. The van der Waals surface area contributed by atoms with Gasteiger partial charge >= 0.3 is 0 Å². The molecule has 8 heteroatoms. The SMILES string of the molecule is Cc1cc(Cl)ccc1CCOc1cc(C(=O)NCC2CCN(C(=N)N)CC2)cc(O)c1C. The van der Waals surface area contributed by atoms with Crippen LogP contribution in [0.1, 0.15) is 39.9 Å². The molecule has 0 saturated carbocycles. The molecule has 5 N–H and O–H groups in total. The summed E-state index contributed by atoms with van der Waals surface area (Å²) in [6.45, 7) is 6.20. The van der Waals surface area contributed by atoms with Gasteiger partial charge in [0.05, 0.1) is 6.61 Å². The number of ether oxygens (including phenoxy) is 1. The lowest BCUT2D eigenvalue weighted by Gasteiger charge is -2.32. The van der Waals surface area contributed by atoms with Crippen LogP contribution in [0.5, 0.6) is 11.5 Å². The van der Waals surface area contributed by atoms with Gasteiger partial charge in [-0.05, 0) is 68.0 Å². The highest BCUT2D eigenvalue weighted by atomic mass is 35.5. The van der Waals surface area contributed by atoms with Crippen molar-refractivity contribution in [3.05, 3.63) is 57.6 Å². The predicted octanol–water partition coefficient (Wildman–Crippen LogP) is 3.62. The van der Waals surface area contributed by atoms with Gasteiger partial charge in [-0.2, -0.15) is 0 Å². The van der Waals surface area contributed by atoms with Gasteiger partial charge in [0, 0.05) is 42.2 Å². The second kappa shape index (κ2) is 10.6. The molecule has 1 aliphatic heterocycles. The number of nitrogens with two attached hydrogens (primary N) is 1. The number of halogens is 1. The van der Waals surface area contributed by atoms with Crippen LogP contribution in [-0.2, 0) is 6.42 Å². The Kier molecular flexibility index (Phi) is 7.85. The number of phenols is 1. The van der Waals surface area contributed by atoms with Crippen LogP contribution in [0, 0.1) is 25.2 Å². The molecule has 1 heterocycles. The predicted molar refractivity (Wildman–Crippen MR) is 127 cm³/mol. The maximum absolute atomic E-state index is 12.7. The van der Waals surface area contributed by atoms with Crippen LogP contribution in [0.25, 0.3) is 0 Å². The molecule has 2 aromatic carbocycles. The lowest BCUT2D eigenvalue weighted by atomic mass is 9.97. The van der Waals surface area contributed by atoms with Crippen LogP contribution < -0.4 is 15.8 Å². The van der Waals surface area contributed by atoms with Crippen molar-refractivity contribution in [1.29, 1.82) is 5.41 Å². The topological polar surface area (TPSA) is 112 Å². The van der Waals surface area contributed by atoms with Crippen molar-refractivity contribution in [2.45, 2.75) is 33.1 Å². The van der Waals surface area contributed by atoms with E-state index in [1.807, 2.05) is 30.0 Å². The number of nitrogens with zero attached hydrogens (tertiary/aromatic N) is 1. The third-order valence-corrected chi connectivity index (χ3v) is 6.27. The van der Waals surface area contributed by atoms with Gasteiger partial charge in [-0.25, -0.2) is 0 Å². The van der Waals surface area contributed by atoms with Gasteiger partial charge in [-0.15, -0.1) is 0 Å². The molecule has 0 radical (unpaired) electrons. The summed E-state index contributed by atoms with van der Waals surface area (Å²) in [5.74, 6) is 0.725. The lowest BCUT2D eigenvalue weighted by molar-refractivity contribution is 0.0940. The van der Waals surface area contributed by atoms with E-state index in [2.05, 4.69) is 5.32 Å². The zero-order valence-corrected chi connectivity index (χ0v) is 19.3. The number of benzene rings is 2. The first kappa shape index (κ1) is 23.7. The zero-order valence-electron chi connectivity index (χ0n) is 18.6. The van der Waals surface area contributed by atoms with Gasteiger partial charge < -0.3 is 25.8 Å². The molecule has 0 bridgehead atoms. The van der Waals surface area contributed by atoms with E-state index < -0.39 is 0 Å². The number of carbonyl (C=O) groups excluding carboxylic acids is 1. The number of guanidine groups is 1. The van der Waals surface area contributed by atoms with E-state index in [1.54, 1.807) is 13.0 Å². The number of hydrogen-bond acceptors (Lipinski definition) is 4. The fourth-order valence-electron chi connectivity index (χ4n) is 3.88. The molecule has 3 rings (SSSR count). The fourth-order valence-corrected chi connectivity index (χ4v) is 4.11. The molecule has 0 aromatic heterocycles. The molecule has 7 nitrogen and oxygen atoms in total. The van der Waals surface area contributed by atoms with Gasteiger partial charge in [-0.3, -0.25) is 10.2 Å². The normalized spacial score (nSPS) is 14.3. The van der Waals surface area contributed by atoms with Crippen LogP contribution >= 0.6 is 11.6 Å². The van der Waals surface area contributed by atoms with Gasteiger partial charge in [0.25, 0.3) is 5.91 Å². The molecule has 172 valence electrons. The Balaban J connectivity index is 1.56. The van der Waals surface area contributed by atoms with Crippen molar-refractivity contribution >= 4 is 23.5 Å². The number of carbonyl (C=O) groups is 1. The number of nitrogens with one attached hydrogen (secondary N) is 2. The zero-order chi connectivity index (χ0) is 23.3. The molecule has 1 fully saturated rings. The van der Waals surface area contributed by atoms with Crippen molar-refractivity contribution in [3.8, 4) is 11.5 Å². The number of likely N-dealkylation sites (tertiary alicyclic amines) is 1. The summed E-state index contributed by atoms with van der Waals surface area (Å²) in [6.07, 6.45) is 2.44. The van der Waals surface area contributed by atoms with E-state index in [4.69, 9.17) is 27.5 Å². The number of rotatable bonds is 7. The number of aromatic hydroxyl groups is 1. The molecule has 1 amide bonds. The van der Waals surface area contributed by atoms with E-state index in [-0.39, 0.29) is 17.6 Å². The molecule has 0 atom stereocenters. The minimum atomic E-state index is -0.243. The summed E-state index contributed by atoms with van der Waals surface area (Å²) in [7, 11) is 0. The molecule has 0 unspecified atom stereocenters.